The lowest BCUT2D eigenvalue weighted by Gasteiger charge is -2.33. The molecule has 0 bridgehead atoms. The molecule has 1 unspecified atom stereocenters. The molecule has 0 spiro atoms. The molecule has 1 fully saturated rings. The van der Waals surface area contributed by atoms with Gasteiger partial charge in [-0.2, -0.15) is 0 Å². The summed E-state index contributed by atoms with van der Waals surface area (Å²) in [4.78, 5) is 27.1. The number of ether oxygens (including phenoxy) is 1. The zero-order valence-electron chi connectivity index (χ0n) is 23.2. The van der Waals surface area contributed by atoms with Crippen LogP contribution in [0.5, 0.6) is 0 Å². The number of nitrogens with one attached hydrogen (secondary N) is 1. The smallest absolute Gasteiger partial charge is 0.314 e. The van der Waals surface area contributed by atoms with Gasteiger partial charge in [-0.15, -0.1) is 5.10 Å². The van der Waals surface area contributed by atoms with Gasteiger partial charge in [0, 0.05) is 29.8 Å². The summed E-state index contributed by atoms with van der Waals surface area (Å²) in [5.41, 5.74) is 5.60. The Bertz CT molecular complexity index is 1550. The van der Waals surface area contributed by atoms with Crippen LogP contribution >= 0.6 is 0 Å². The first-order valence-corrected chi connectivity index (χ1v) is 14.5. The van der Waals surface area contributed by atoms with Crippen molar-refractivity contribution in [2.45, 2.75) is 77.8 Å². The van der Waals surface area contributed by atoms with Gasteiger partial charge in [-0.05, 0) is 72.6 Å². The van der Waals surface area contributed by atoms with Crippen molar-refractivity contribution >= 4 is 5.97 Å². The number of fused-ring (bicyclic) bond motifs is 1. The number of aromatic nitrogens is 6. The number of unbranched alkanes of at least 4 members (excludes halogenated alkanes) is 1. The SMILES string of the molecule is CCCCc1c(Cc2ccc(-c3ccccc3-c3nnn[nH]3)cc2)c(=O)n2n1CCCC2C1(C(=O)OCC)CC1. The highest BCUT2D eigenvalue weighted by atomic mass is 16.5. The fraction of sp³-hybridized carbons (Fsp3) is 0.452. The summed E-state index contributed by atoms with van der Waals surface area (Å²) in [5.74, 6) is 0.480. The second-order valence-electron chi connectivity index (χ2n) is 11.0. The Kier molecular flexibility index (Phi) is 7.12. The van der Waals surface area contributed by atoms with Gasteiger partial charge in [0.05, 0.1) is 18.1 Å². The molecule has 1 saturated carbocycles. The van der Waals surface area contributed by atoms with Crippen LogP contribution in [0.2, 0.25) is 0 Å². The number of tetrazole rings is 1. The molecule has 4 aromatic rings. The zero-order chi connectivity index (χ0) is 27.7. The number of carbonyl (C=O) groups excluding carboxylic acids is 1. The minimum atomic E-state index is -0.552. The summed E-state index contributed by atoms with van der Waals surface area (Å²) < 4.78 is 9.62. The lowest BCUT2D eigenvalue weighted by molar-refractivity contribution is -0.152. The number of benzene rings is 2. The second-order valence-corrected chi connectivity index (χ2v) is 11.0. The number of hydrogen-bond acceptors (Lipinski definition) is 6. The molecule has 1 aliphatic heterocycles. The highest BCUT2D eigenvalue weighted by Gasteiger charge is 2.59. The number of hydrogen-bond donors (Lipinski definition) is 1. The van der Waals surface area contributed by atoms with Gasteiger partial charge in [-0.3, -0.25) is 14.3 Å². The lowest BCUT2D eigenvalue weighted by atomic mass is 9.91. The molecule has 2 aliphatic rings. The number of H-pyrrole nitrogens is 1. The van der Waals surface area contributed by atoms with Gasteiger partial charge >= 0.3 is 5.97 Å². The predicted octanol–water partition coefficient (Wildman–Crippen LogP) is 5.11. The van der Waals surface area contributed by atoms with Crippen LogP contribution < -0.4 is 5.56 Å². The van der Waals surface area contributed by atoms with Crippen LogP contribution in [0.4, 0.5) is 0 Å². The summed E-state index contributed by atoms with van der Waals surface area (Å²) in [7, 11) is 0. The monoisotopic (exact) mass is 540 g/mol. The van der Waals surface area contributed by atoms with Crippen LogP contribution in [0.15, 0.2) is 53.3 Å². The van der Waals surface area contributed by atoms with Crippen molar-refractivity contribution < 1.29 is 9.53 Å². The maximum Gasteiger partial charge on any atom is 0.314 e. The van der Waals surface area contributed by atoms with E-state index in [0.29, 0.717) is 18.9 Å². The fourth-order valence-electron chi connectivity index (χ4n) is 6.38. The normalized spacial score (nSPS) is 17.4. The van der Waals surface area contributed by atoms with Gasteiger partial charge in [0.25, 0.3) is 5.56 Å². The van der Waals surface area contributed by atoms with Crippen molar-refractivity contribution in [1.29, 1.82) is 0 Å². The Morgan fingerprint density at radius 2 is 1.88 bits per heavy atom. The zero-order valence-corrected chi connectivity index (χ0v) is 23.2. The molecule has 9 heteroatoms. The van der Waals surface area contributed by atoms with Gasteiger partial charge in [-0.25, -0.2) is 9.78 Å². The molecule has 40 heavy (non-hydrogen) atoms. The Morgan fingerprint density at radius 1 is 1.10 bits per heavy atom. The van der Waals surface area contributed by atoms with Gasteiger partial charge in [0.2, 0.25) is 0 Å². The minimum Gasteiger partial charge on any atom is -0.466 e. The van der Waals surface area contributed by atoms with E-state index >= 15 is 0 Å². The summed E-state index contributed by atoms with van der Waals surface area (Å²) in [6.07, 6.45) is 6.90. The van der Waals surface area contributed by atoms with E-state index in [9.17, 15) is 9.59 Å². The molecule has 208 valence electrons. The van der Waals surface area contributed by atoms with E-state index in [1.807, 2.05) is 29.8 Å². The standard InChI is InChI=1S/C31H36N6O3/c1-3-5-11-26-25(29(38)37-27(12-8-19-36(26)37)31(17-18-31)30(39)40-4-2)20-21-13-15-22(16-14-21)23-9-6-7-10-24(23)28-32-34-35-33-28/h6-7,9-10,13-16,27H,3-5,8,11-12,17-20H2,1-2H3,(H,32,33,34,35). The van der Waals surface area contributed by atoms with Crippen LogP contribution in [0.3, 0.4) is 0 Å². The van der Waals surface area contributed by atoms with Gasteiger partial charge < -0.3 is 4.74 Å². The summed E-state index contributed by atoms with van der Waals surface area (Å²) in [6, 6.07) is 16.3. The van der Waals surface area contributed by atoms with E-state index in [-0.39, 0.29) is 17.6 Å². The first-order valence-electron chi connectivity index (χ1n) is 14.5. The third-order valence-electron chi connectivity index (χ3n) is 8.58. The van der Waals surface area contributed by atoms with Crippen molar-refractivity contribution in [3.63, 3.8) is 0 Å². The average molecular weight is 541 g/mol. The molecular weight excluding hydrogens is 504 g/mol. The molecule has 3 heterocycles. The van der Waals surface area contributed by atoms with Crippen LogP contribution in [-0.2, 0) is 28.9 Å². The maximum absolute atomic E-state index is 14.1. The molecule has 1 atom stereocenters. The molecule has 2 aromatic carbocycles. The van der Waals surface area contributed by atoms with E-state index in [1.54, 1.807) is 0 Å². The predicted molar refractivity (Wildman–Crippen MR) is 152 cm³/mol. The van der Waals surface area contributed by atoms with Crippen molar-refractivity contribution in [2.24, 2.45) is 5.41 Å². The second kappa shape index (κ2) is 10.9. The first-order chi connectivity index (χ1) is 19.6. The molecule has 6 rings (SSSR count). The minimum absolute atomic E-state index is 0.0543. The molecule has 0 saturated heterocycles. The topological polar surface area (TPSA) is 108 Å². The van der Waals surface area contributed by atoms with E-state index < -0.39 is 5.41 Å². The number of aromatic amines is 1. The number of nitrogens with zero attached hydrogens (tertiary/aromatic N) is 5. The fourth-order valence-corrected chi connectivity index (χ4v) is 6.38. The Hall–Kier alpha value is -4.01. The Morgan fingerprint density at radius 3 is 2.55 bits per heavy atom. The van der Waals surface area contributed by atoms with Crippen molar-refractivity contribution in [2.75, 3.05) is 6.61 Å². The van der Waals surface area contributed by atoms with E-state index in [1.165, 1.54) is 0 Å². The molecule has 2 aromatic heterocycles. The van der Waals surface area contributed by atoms with Crippen LogP contribution in [0, 0.1) is 5.41 Å². The van der Waals surface area contributed by atoms with Gasteiger partial charge in [0.1, 0.15) is 0 Å². The first kappa shape index (κ1) is 26.2. The number of carbonyl (C=O) groups is 1. The summed E-state index contributed by atoms with van der Waals surface area (Å²) in [5, 5.41) is 14.4. The molecule has 0 amide bonds. The largest absolute Gasteiger partial charge is 0.466 e. The van der Waals surface area contributed by atoms with E-state index in [2.05, 4.69) is 62.6 Å². The quantitative estimate of drug-likeness (QED) is 0.280. The van der Waals surface area contributed by atoms with Crippen LogP contribution in [-0.4, -0.2) is 42.6 Å². The van der Waals surface area contributed by atoms with Crippen molar-refractivity contribution in [1.82, 2.24) is 30.0 Å². The summed E-state index contributed by atoms with van der Waals surface area (Å²) >= 11 is 0. The van der Waals surface area contributed by atoms with Crippen molar-refractivity contribution in [3.05, 3.63) is 75.7 Å². The highest BCUT2D eigenvalue weighted by molar-refractivity contribution is 5.81. The lowest BCUT2D eigenvalue weighted by Crippen LogP contribution is -2.40. The van der Waals surface area contributed by atoms with Crippen LogP contribution in [0.25, 0.3) is 22.5 Å². The molecule has 0 radical (unpaired) electrons. The van der Waals surface area contributed by atoms with Crippen LogP contribution in [0.1, 0.15) is 75.2 Å². The average Bonchev–Trinajstić information content (AvgIpc) is 3.53. The molecule has 9 nitrogen and oxygen atoms in total. The Balaban J connectivity index is 1.34. The number of esters is 1. The molecule has 1 aliphatic carbocycles. The third-order valence-corrected chi connectivity index (χ3v) is 8.58. The van der Waals surface area contributed by atoms with Gasteiger partial charge in [-0.1, -0.05) is 61.9 Å². The third kappa shape index (κ3) is 4.57. The number of rotatable bonds is 10. The molecular formula is C31H36N6O3. The highest BCUT2D eigenvalue weighted by Crippen LogP contribution is 2.57. The molecule has 1 N–H and O–H groups in total. The summed E-state index contributed by atoms with van der Waals surface area (Å²) in [6.45, 7) is 5.21. The van der Waals surface area contributed by atoms with Crippen molar-refractivity contribution in [3.8, 4) is 22.5 Å². The maximum atomic E-state index is 14.1. The Labute approximate surface area is 233 Å². The van der Waals surface area contributed by atoms with Gasteiger partial charge in [0.15, 0.2) is 5.82 Å². The van der Waals surface area contributed by atoms with E-state index in [0.717, 1.165) is 85.0 Å². The van der Waals surface area contributed by atoms with E-state index in [4.69, 9.17) is 4.74 Å².